The lowest BCUT2D eigenvalue weighted by atomic mass is 10.2. The van der Waals surface area contributed by atoms with Crippen molar-refractivity contribution in [3.05, 3.63) is 33.8 Å². The lowest BCUT2D eigenvalue weighted by Gasteiger charge is -2.25. The molecular weight excluding hydrogens is 289 g/mol. The predicted molar refractivity (Wildman–Crippen MR) is 75.0 cm³/mol. The number of nitrogens with one attached hydrogen (secondary N) is 1. The Balaban J connectivity index is 1.94. The molecule has 1 aliphatic heterocycles. The number of carbonyl (C=O) groups excluding carboxylic acids is 1. The van der Waals surface area contributed by atoms with Crippen LogP contribution in [0.3, 0.4) is 0 Å². The molecule has 1 aromatic rings. The zero-order valence-electron chi connectivity index (χ0n) is 10.1. The number of hydrazone groups is 1. The summed E-state index contributed by atoms with van der Waals surface area (Å²) < 4.78 is 5.16. The van der Waals surface area contributed by atoms with Gasteiger partial charge in [-0.05, 0) is 12.1 Å². The molecule has 1 N–H and O–H groups in total. The third-order valence-electron chi connectivity index (χ3n) is 2.65. The van der Waals surface area contributed by atoms with Gasteiger partial charge < -0.3 is 9.64 Å². The second kappa shape index (κ2) is 6.75. The smallest absolute Gasteiger partial charge is 0.337 e. The molecule has 1 aromatic carbocycles. The lowest BCUT2D eigenvalue weighted by molar-refractivity contribution is 0.0533. The first-order valence-electron chi connectivity index (χ1n) is 5.78. The molecule has 19 heavy (non-hydrogen) atoms. The Hall–Kier alpha value is -1.30. The number of rotatable bonds is 2. The summed E-state index contributed by atoms with van der Waals surface area (Å²) in [4.78, 5) is 13.4. The molecule has 0 aromatic heterocycles. The first-order valence-corrected chi connectivity index (χ1v) is 6.54. The van der Waals surface area contributed by atoms with Crippen LogP contribution in [0.15, 0.2) is 23.3 Å². The SMILES string of the molecule is O=C(N/N=C/c1c(Cl)cccc1Cl)N1CCOCC1. The van der Waals surface area contributed by atoms with Crippen molar-refractivity contribution in [1.82, 2.24) is 10.3 Å². The standard InChI is InChI=1S/C12H13Cl2N3O2/c13-10-2-1-3-11(14)9(10)8-15-16-12(18)17-4-6-19-7-5-17/h1-3,8H,4-7H2,(H,16,18)/b15-8+. The Morgan fingerprint density at radius 3 is 2.58 bits per heavy atom. The Morgan fingerprint density at radius 2 is 1.95 bits per heavy atom. The number of carbonyl (C=O) groups is 1. The maximum atomic E-state index is 11.7. The van der Waals surface area contributed by atoms with Crippen LogP contribution in [0.5, 0.6) is 0 Å². The molecule has 1 heterocycles. The molecular formula is C12H13Cl2N3O2. The third-order valence-corrected chi connectivity index (χ3v) is 3.31. The molecule has 1 saturated heterocycles. The highest BCUT2D eigenvalue weighted by atomic mass is 35.5. The average molecular weight is 302 g/mol. The lowest BCUT2D eigenvalue weighted by Crippen LogP contribution is -2.44. The number of benzene rings is 1. The summed E-state index contributed by atoms with van der Waals surface area (Å²) in [7, 11) is 0. The van der Waals surface area contributed by atoms with E-state index in [1.807, 2.05) is 0 Å². The van der Waals surface area contributed by atoms with Gasteiger partial charge in [0.25, 0.3) is 0 Å². The number of amides is 2. The van der Waals surface area contributed by atoms with Gasteiger partial charge in [-0.25, -0.2) is 10.2 Å². The Labute approximate surface area is 121 Å². The minimum atomic E-state index is -0.261. The summed E-state index contributed by atoms with van der Waals surface area (Å²) in [5, 5.41) is 4.83. The Morgan fingerprint density at radius 1 is 1.32 bits per heavy atom. The van der Waals surface area contributed by atoms with Crippen LogP contribution < -0.4 is 5.43 Å². The number of nitrogens with zero attached hydrogens (tertiary/aromatic N) is 2. The molecule has 0 saturated carbocycles. The van der Waals surface area contributed by atoms with Crippen molar-refractivity contribution in [3.8, 4) is 0 Å². The van der Waals surface area contributed by atoms with Crippen molar-refractivity contribution in [2.75, 3.05) is 26.3 Å². The summed E-state index contributed by atoms with van der Waals surface area (Å²) >= 11 is 12.0. The summed E-state index contributed by atoms with van der Waals surface area (Å²) in [6, 6.07) is 4.90. The monoisotopic (exact) mass is 301 g/mol. The van der Waals surface area contributed by atoms with Crippen molar-refractivity contribution < 1.29 is 9.53 Å². The topological polar surface area (TPSA) is 53.9 Å². The molecule has 7 heteroatoms. The summed E-state index contributed by atoms with van der Waals surface area (Å²) in [6.07, 6.45) is 1.43. The fraction of sp³-hybridized carbons (Fsp3) is 0.333. The van der Waals surface area contributed by atoms with E-state index in [-0.39, 0.29) is 6.03 Å². The molecule has 102 valence electrons. The second-order valence-electron chi connectivity index (χ2n) is 3.91. The Bertz CT molecular complexity index is 468. The van der Waals surface area contributed by atoms with Gasteiger partial charge in [0.05, 0.1) is 29.5 Å². The van der Waals surface area contributed by atoms with Crippen LogP contribution in [0.1, 0.15) is 5.56 Å². The van der Waals surface area contributed by atoms with Gasteiger partial charge in [-0.15, -0.1) is 0 Å². The minimum Gasteiger partial charge on any atom is -0.378 e. The van der Waals surface area contributed by atoms with Gasteiger partial charge in [0, 0.05) is 18.7 Å². The third kappa shape index (κ3) is 3.83. The van der Waals surface area contributed by atoms with Crippen molar-refractivity contribution in [2.24, 2.45) is 5.10 Å². The molecule has 0 spiro atoms. The van der Waals surface area contributed by atoms with Crippen molar-refractivity contribution >= 4 is 35.4 Å². The fourth-order valence-corrected chi connectivity index (χ4v) is 2.12. The van der Waals surface area contributed by atoms with E-state index in [2.05, 4.69) is 10.5 Å². The van der Waals surface area contributed by atoms with E-state index in [4.69, 9.17) is 27.9 Å². The highest BCUT2D eigenvalue weighted by Gasteiger charge is 2.15. The van der Waals surface area contributed by atoms with Gasteiger partial charge >= 0.3 is 6.03 Å². The minimum absolute atomic E-state index is 0.261. The van der Waals surface area contributed by atoms with E-state index < -0.39 is 0 Å². The van der Waals surface area contributed by atoms with Crippen LogP contribution in [0, 0.1) is 0 Å². The summed E-state index contributed by atoms with van der Waals surface area (Å²) in [6.45, 7) is 2.23. The van der Waals surface area contributed by atoms with E-state index in [9.17, 15) is 4.79 Å². The van der Waals surface area contributed by atoms with Crippen LogP contribution in [0.2, 0.25) is 10.0 Å². The molecule has 0 aliphatic carbocycles. The highest BCUT2D eigenvalue weighted by Crippen LogP contribution is 2.21. The molecule has 1 aliphatic rings. The van der Waals surface area contributed by atoms with E-state index in [1.165, 1.54) is 6.21 Å². The fourth-order valence-electron chi connectivity index (χ4n) is 1.62. The van der Waals surface area contributed by atoms with Crippen molar-refractivity contribution in [3.63, 3.8) is 0 Å². The number of urea groups is 1. The van der Waals surface area contributed by atoms with E-state index in [1.54, 1.807) is 23.1 Å². The Kier molecular flexibility index (Phi) is 5.01. The van der Waals surface area contributed by atoms with Crippen LogP contribution in [0.25, 0.3) is 0 Å². The molecule has 0 atom stereocenters. The van der Waals surface area contributed by atoms with Crippen molar-refractivity contribution in [2.45, 2.75) is 0 Å². The first kappa shape index (κ1) is 14.1. The van der Waals surface area contributed by atoms with Gasteiger partial charge in [-0.3, -0.25) is 0 Å². The maximum Gasteiger partial charge on any atom is 0.337 e. The first-order chi connectivity index (χ1) is 9.18. The van der Waals surface area contributed by atoms with Crippen LogP contribution in [-0.4, -0.2) is 43.4 Å². The normalized spacial score (nSPS) is 15.8. The molecule has 0 bridgehead atoms. The predicted octanol–water partition coefficient (Wildman–Crippen LogP) is 2.37. The molecule has 2 amide bonds. The molecule has 5 nitrogen and oxygen atoms in total. The largest absolute Gasteiger partial charge is 0.378 e. The number of ether oxygens (including phenoxy) is 1. The maximum absolute atomic E-state index is 11.7. The quantitative estimate of drug-likeness (QED) is 0.673. The van der Waals surface area contributed by atoms with Gasteiger partial charge in [0.2, 0.25) is 0 Å². The number of morpholine rings is 1. The van der Waals surface area contributed by atoms with E-state index >= 15 is 0 Å². The zero-order valence-corrected chi connectivity index (χ0v) is 11.6. The summed E-state index contributed by atoms with van der Waals surface area (Å²) in [5.74, 6) is 0. The van der Waals surface area contributed by atoms with Gasteiger partial charge in [0.15, 0.2) is 0 Å². The highest BCUT2D eigenvalue weighted by molar-refractivity contribution is 6.38. The second-order valence-corrected chi connectivity index (χ2v) is 4.72. The zero-order chi connectivity index (χ0) is 13.7. The molecule has 1 fully saturated rings. The van der Waals surface area contributed by atoms with Gasteiger partial charge in [0.1, 0.15) is 0 Å². The van der Waals surface area contributed by atoms with Crippen LogP contribution in [-0.2, 0) is 4.74 Å². The van der Waals surface area contributed by atoms with Gasteiger partial charge in [-0.1, -0.05) is 29.3 Å². The van der Waals surface area contributed by atoms with Crippen molar-refractivity contribution in [1.29, 1.82) is 0 Å². The molecule has 2 rings (SSSR count). The van der Waals surface area contributed by atoms with Crippen LogP contribution >= 0.6 is 23.2 Å². The summed E-state index contributed by atoms with van der Waals surface area (Å²) in [5.41, 5.74) is 3.02. The number of hydrogen-bond acceptors (Lipinski definition) is 3. The average Bonchev–Trinajstić information content (AvgIpc) is 2.43. The molecule has 0 radical (unpaired) electrons. The van der Waals surface area contributed by atoms with Gasteiger partial charge in [-0.2, -0.15) is 5.10 Å². The van der Waals surface area contributed by atoms with E-state index in [0.717, 1.165) is 0 Å². The van der Waals surface area contributed by atoms with E-state index in [0.29, 0.717) is 41.9 Å². The molecule has 0 unspecified atom stereocenters. The number of hydrogen-bond donors (Lipinski definition) is 1. The number of halogens is 2. The van der Waals surface area contributed by atoms with Crippen LogP contribution in [0.4, 0.5) is 4.79 Å².